The number of nitrogens with one attached hydrogen (secondary N) is 1. The molecule has 21 heavy (non-hydrogen) atoms. The number of nitrogens with two attached hydrogens (primary N) is 1. The summed E-state index contributed by atoms with van der Waals surface area (Å²) in [5, 5.41) is 0. The molecule has 0 aliphatic rings. The van der Waals surface area contributed by atoms with Gasteiger partial charge in [-0.2, -0.15) is 13.2 Å². The maximum Gasteiger partial charge on any atom is 0.416 e. The summed E-state index contributed by atoms with van der Waals surface area (Å²) in [4.78, 5) is 0. The van der Waals surface area contributed by atoms with E-state index in [9.17, 15) is 13.2 Å². The van der Waals surface area contributed by atoms with Gasteiger partial charge in [0.2, 0.25) is 0 Å². The molecule has 0 fully saturated rings. The SMILES string of the molecule is Cc1cc(Br)ccc1C(NN)c1ccccc1C(F)(F)F. The first-order chi connectivity index (χ1) is 9.84. The predicted octanol–water partition coefficient (Wildman–Crippen LogP) is 4.33. The lowest BCUT2D eigenvalue weighted by Crippen LogP contribution is -2.31. The monoisotopic (exact) mass is 358 g/mol. The van der Waals surface area contributed by atoms with Crippen molar-refractivity contribution in [2.75, 3.05) is 0 Å². The Kier molecular flexibility index (Phi) is 4.70. The third kappa shape index (κ3) is 3.45. The van der Waals surface area contributed by atoms with Gasteiger partial charge in [0.15, 0.2) is 0 Å². The predicted molar refractivity (Wildman–Crippen MR) is 79.5 cm³/mol. The van der Waals surface area contributed by atoms with Crippen molar-refractivity contribution >= 4 is 15.9 Å². The minimum Gasteiger partial charge on any atom is -0.271 e. The van der Waals surface area contributed by atoms with Crippen molar-refractivity contribution in [3.8, 4) is 0 Å². The number of rotatable bonds is 3. The summed E-state index contributed by atoms with van der Waals surface area (Å²) < 4.78 is 40.3. The Morgan fingerprint density at radius 1 is 1.10 bits per heavy atom. The minimum absolute atomic E-state index is 0.109. The summed E-state index contributed by atoms with van der Waals surface area (Å²) in [5.74, 6) is 5.53. The van der Waals surface area contributed by atoms with E-state index in [2.05, 4.69) is 21.4 Å². The Balaban J connectivity index is 2.57. The first-order valence-electron chi connectivity index (χ1n) is 6.23. The maximum absolute atomic E-state index is 13.1. The number of halogens is 4. The van der Waals surface area contributed by atoms with E-state index in [0.29, 0.717) is 5.56 Å². The van der Waals surface area contributed by atoms with Crippen LogP contribution in [0.5, 0.6) is 0 Å². The molecule has 0 bridgehead atoms. The fourth-order valence-electron chi connectivity index (χ4n) is 2.32. The highest BCUT2D eigenvalue weighted by Gasteiger charge is 2.35. The number of alkyl halides is 3. The largest absolute Gasteiger partial charge is 0.416 e. The molecule has 112 valence electrons. The van der Waals surface area contributed by atoms with Gasteiger partial charge in [0.25, 0.3) is 0 Å². The van der Waals surface area contributed by atoms with Gasteiger partial charge in [-0.15, -0.1) is 0 Å². The molecule has 3 N–H and O–H groups in total. The summed E-state index contributed by atoms with van der Waals surface area (Å²) in [6.45, 7) is 1.83. The Bertz CT molecular complexity index is 641. The van der Waals surface area contributed by atoms with Crippen molar-refractivity contribution in [2.24, 2.45) is 5.84 Å². The van der Waals surface area contributed by atoms with E-state index in [4.69, 9.17) is 5.84 Å². The van der Waals surface area contributed by atoms with Crippen molar-refractivity contribution in [1.29, 1.82) is 0 Å². The van der Waals surface area contributed by atoms with Gasteiger partial charge in [-0.05, 0) is 41.8 Å². The minimum atomic E-state index is -4.42. The van der Waals surface area contributed by atoms with Crippen molar-refractivity contribution in [1.82, 2.24) is 5.43 Å². The van der Waals surface area contributed by atoms with Crippen LogP contribution >= 0.6 is 15.9 Å². The van der Waals surface area contributed by atoms with Gasteiger partial charge in [-0.3, -0.25) is 5.84 Å². The zero-order valence-corrected chi connectivity index (χ0v) is 12.8. The lowest BCUT2D eigenvalue weighted by atomic mass is 9.92. The van der Waals surface area contributed by atoms with E-state index in [1.54, 1.807) is 18.2 Å². The van der Waals surface area contributed by atoms with Crippen molar-refractivity contribution < 1.29 is 13.2 Å². The zero-order chi connectivity index (χ0) is 15.6. The fraction of sp³-hybridized carbons (Fsp3) is 0.200. The van der Waals surface area contributed by atoms with Gasteiger partial charge in [0, 0.05) is 4.47 Å². The summed E-state index contributed by atoms with van der Waals surface area (Å²) in [5.41, 5.74) is 3.47. The molecule has 0 amide bonds. The zero-order valence-electron chi connectivity index (χ0n) is 11.2. The van der Waals surface area contributed by atoms with E-state index in [1.165, 1.54) is 12.1 Å². The molecule has 6 heteroatoms. The second-order valence-electron chi connectivity index (χ2n) is 4.69. The number of hydrogen-bond donors (Lipinski definition) is 2. The van der Waals surface area contributed by atoms with Crippen molar-refractivity contribution in [3.05, 3.63) is 69.2 Å². The van der Waals surface area contributed by atoms with Crippen LogP contribution in [-0.4, -0.2) is 0 Å². The first-order valence-corrected chi connectivity index (χ1v) is 7.02. The molecule has 0 saturated heterocycles. The Morgan fingerprint density at radius 2 is 1.76 bits per heavy atom. The van der Waals surface area contributed by atoms with Crippen LogP contribution < -0.4 is 11.3 Å². The quantitative estimate of drug-likeness (QED) is 0.633. The van der Waals surface area contributed by atoms with E-state index < -0.39 is 17.8 Å². The molecule has 0 aliphatic heterocycles. The molecule has 2 aromatic rings. The second-order valence-corrected chi connectivity index (χ2v) is 5.60. The molecular formula is C15H14BrF3N2. The summed E-state index contributed by atoms with van der Waals surface area (Å²) in [6.07, 6.45) is -4.42. The number of hydrogen-bond acceptors (Lipinski definition) is 2. The van der Waals surface area contributed by atoms with Crippen LogP contribution in [0.2, 0.25) is 0 Å². The molecule has 0 aromatic heterocycles. The van der Waals surface area contributed by atoms with Crippen LogP contribution in [0.4, 0.5) is 13.2 Å². The van der Waals surface area contributed by atoms with Crippen LogP contribution in [0.25, 0.3) is 0 Å². The maximum atomic E-state index is 13.1. The summed E-state index contributed by atoms with van der Waals surface area (Å²) >= 11 is 3.34. The molecule has 2 rings (SSSR count). The van der Waals surface area contributed by atoms with Gasteiger partial charge in [-0.1, -0.05) is 40.2 Å². The highest BCUT2D eigenvalue weighted by Crippen LogP contribution is 2.37. The van der Waals surface area contributed by atoms with Gasteiger partial charge in [0.1, 0.15) is 0 Å². The third-order valence-corrected chi connectivity index (χ3v) is 3.78. The lowest BCUT2D eigenvalue weighted by molar-refractivity contribution is -0.138. The molecule has 1 unspecified atom stereocenters. The summed E-state index contributed by atoms with van der Waals surface area (Å²) in [7, 11) is 0. The molecule has 1 atom stereocenters. The van der Waals surface area contributed by atoms with E-state index >= 15 is 0 Å². The second kappa shape index (κ2) is 6.17. The molecule has 2 aromatic carbocycles. The number of hydrazine groups is 1. The lowest BCUT2D eigenvalue weighted by Gasteiger charge is -2.23. The van der Waals surface area contributed by atoms with E-state index in [-0.39, 0.29) is 5.56 Å². The Hall–Kier alpha value is -1.37. The molecule has 0 heterocycles. The topological polar surface area (TPSA) is 38.0 Å². The van der Waals surface area contributed by atoms with Gasteiger partial charge in [-0.25, -0.2) is 5.43 Å². The fourth-order valence-corrected chi connectivity index (χ4v) is 2.79. The van der Waals surface area contributed by atoms with Crippen LogP contribution in [0.3, 0.4) is 0 Å². The highest BCUT2D eigenvalue weighted by atomic mass is 79.9. The summed E-state index contributed by atoms with van der Waals surface area (Å²) in [6, 6.07) is 10.1. The number of aryl methyl sites for hydroxylation is 1. The first kappa shape index (κ1) is 16.0. The van der Waals surface area contributed by atoms with Gasteiger partial charge < -0.3 is 0 Å². The van der Waals surface area contributed by atoms with Crippen LogP contribution in [0.1, 0.15) is 28.3 Å². The average Bonchev–Trinajstić information content (AvgIpc) is 2.41. The van der Waals surface area contributed by atoms with Crippen LogP contribution in [0.15, 0.2) is 46.9 Å². The molecule has 2 nitrogen and oxygen atoms in total. The van der Waals surface area contributed by atoms with E-state index in [1.807, 2.05) is 13.0 Å². The van der Waals surface area contributed by atoms with Crippen molar-refractivity contribution in [3.63, 3.8) is 0 Å². The molecular weight excluding hydrogens is 345 g/mol. The highest BCUT2D eigenvalue weighted by molar-refractivity contribution is 9.10. The van der Waals surface area contributed by atoms with Crippen LogP contribution in [0, 0.1) is 6.92 Å². The smallest absolute Gasteiger partial charge is 0.271 e. The van der Waals surface area contributed by atoms with Crippen LogP contribution in [-0.2, 0) is 6.18 Å². The number of benzene rings is 2. The molecule has 0 spiro atoms. The van der Waals surface area contributed by atoms with Gasteiger partial charge in [0.05, 0.1) is 11.6 Å². The molecule has 0 saturated carbocycles. The third-order valence-electron chi connectivity index (χ3n) is 3.29. The molecule has 0 radical (unpaired) electrons. The van der Waals surface area contributed by atoms with Gasteiger partial charge >= 0.3 is 6.18 Å². The average molecular weight is 359 g/mol. The molecule has 0 aliphatic carbocycles. The van der Waals surface area contributed by atoms with E-state index in [0.717, 1.165) is 16.1 Å². The van der Waals surface area contributed by atoms with Crippen molar-refractivity contribution in [2.45, 2.75) is 19.1 Å². The Labute approximate surface area is 129 Å². The normalized spacial score (nSPS) is 13.2. The Morgan fingerprint density at radius 3 is 2.33 bits per heavy atom. The standard InChI is InChI=1S/C15H14BrF3N2/c1-9-8-10(16)6-7-11(9)14(21-20)12-4-2-3-5-13(12)15(17,18)19/h2-8,14,21H,20H2,1H3.